The van der Waals surface area contributed by atoms with Crippen LogP contribution in [0.2, 0.25) is 0 Å². The van der Waals surface area contributed by atoms with E-state index in [2.05, 4.69) is 10.6 Å². The molecule has 2 aliphatic carbocycles. The summed E-state index contributed by atoms with van der Waals surface area (Å²) in [7, 11) is -3.28. The molecule has 2 saturated carbocycles. The Kier molecular flexibility index (Phi) is 4.34. The molecular weight excluding hydrogens is 364 g/mol. The molecular formula is C20H22N2O4S. The topological polar surface area (TPSA) is 84.5 Å². The van der Waals surface area contributed by atoms with E-state index < -0.39 is 9.84 Å². The van der Waals surface area contributed by atoms with Crippen LogP contribution in [0.4, 0.5) is 10.5 Å². The lowest BCUT2D eigenvalue weighted by Gasteiger charge is -2.15. The van der Waals surface area contributed by atoms with Crippen LogP contribution in [0, 0.1) is 5.92 Å². The Morgan fingerprint density at radius 3 is 2.56 bits per heavy atom. The summed E-state index contributed by atoms with van der Waals surface area (Å²) in [5, 5.41) is 5.97. The lowest BCUT2D eigenvalue weighted by molar-refractivity contribution is 0.246. The van der Waals surface area contributed by atoms with Crippen molar-refractivity contribution in [1.82, 2.24) is 5.32 Å². The summed E-state index contributed by atoms with van der Waals surface area (Å²) in [6.07, 6.45) is 5.74. The molecule has 6 nitrogen and oxygen atoms in total. The molecule has 0 aromatic heterocycles. The molecule has 2 aliphatic rings. The van der Waals surface area contributed by atoms with Gasteiger partial charge in [-0.25, -0.2) is 13.2 Å². The second-order valence-electron chi connectivity index (χ2n) is 7.40. The first-order chi connectivity index (χ1) is 12.8. The van der Waals surface area contributed by atoms with Gasteiger partial charge in [0.15, 0.2) is 9.84 Å². The highest BCUT2D eigenvalue weighted by atomic mass is 32.2. The fourth-order valence-electron chi connectivity index (χ4n) is 3.84. The molecule has 2 atom stereocenters. The molecule has 142 valence electrons. The second-order valence-corrected chi connectivity index (χ2v) is 9.42. The van der Waals surface area contributed by atoms with E-state index in [1.165, 1.54) is 25.0 Å². The number of hydrogen-bond donors (Lipinski definition) is 2. The van der Waals surface area contributed by atoms with E-state index in [0.717, 1.165) is 19.1 Å². The zero-order valence-electron chi connectivity index (χ0n) is 15.1. The number of anilines is 1. The molecule has 2 fully saturated rings. The Morgan fingerprint density at radius 1 is 1.15 bits per heavy atom. The van der Waals surface area contributed by atoms with Crippen LogP contribution in [0.3, 0.4) is 0 Å². The van der Waals surface area contributed by atoms with Gasteiger partial charge in [0.05, 0.1) is 4.90 Å². The Bertz CT molecular complexity index is 972. The van der Waals surface area contributed by atoms with Gasteiger partial charge in [0.2, 0.25) is 0 Å². The highest BCUT2D eigenvalue weighted by Crippen LogP contribution is 2.55. The lowest BCUT2D eigenvalue weighted by atomic mass is 10.2. The predicted octanol–water partition coefficient (Wildman–Crippen LogP) is 3.95. The third kappa shape index (κ3) is 3.93. The van der Waals surface area contributed by atoms with Crippen LogP contribution >= 0.6 is 0 Å². The van der Waals surface area contributed by atoms with Crippen molar-refractivity contribution >= 4 is 21.6 Å². The normalized spacial score (nSPS) is 23.4. The van der Waals surface area contributed by atoms with Gasteiger partial charge in [-0.15, -0.1) is 0 Å². The van der Waals surface area contributed by atoms with E-state index in [4.69, 9.17) is 4.74 Å². The fourth-order valence-corrected chi connectivity index (χ4v) is 4.50. The number of rotatable bonds is 5. The summed E-state index contributed by atoms with van der Waals surface area (Å²) in [6.45, 7) is 0. The van der Waals surface area contributed by atoms with Crippen molar-refractivity contribution in [3.63, 3.8) is 0 Å². The summed E-state index contributed by atoms with van der Waals surface area (Å²) in [6, 6.07) is 13.2. The zero-order valence-corrected chi connectivity index (χ0v) is 15.9. The minimum absolute atomic E-state index is 0.0395. The van der Waals surface area contributed by atoms with E-state index in [-0.39, 0.29) is 16.5 Å². The van der Waals surface area contributed by atoms with Crippen molar-refractivity contribution in [2.45, 2.75) is 36.1 Å². The SMILES string of the molecule is CS(=O)(=O)c1cccc(Oc2ccc(NC(=O)NC34CCCC3C4)cc2)c1. The van der Waals surface area contributed by atoms with Crippen LogP contribution < -0.4 is 15.4 Å². The van der Waals surface area contributed by atoms with Crippen LogP contribution in [0.15, 0.2) is 53.4 Å². The Labute approximate surface area is 158 Å². The van der Waals surface area contributed by atoms with Crippen LogP contribution in [0.5, 0.6) is 11.5 Å². The minimum Gasteiger partial charge on any atom is -0.457 e. The molecule has 2 unspecified atom stereocenters. The molecule has 0 saturated heterocycles. The number of hydrogen-bond acceptors (Lipinski definition) is 4. The average Bonchev–Trinajstić information content (AvgIpc) is 3.14. The maximum Gasteiger partial charge on any atom is 0.319 e. The quantitative estimate of drug-likeness (QED) is 0.815. The van der Waals surface area contributed by atoms with E-state index in [0.29, 0.717) is 23.1 Å². The standard InChI is InChI=1S/C20H22N2O4S/c1-27(24,25)18-6-2-5-17(12-18)26-16-9-7-15(8-10-16)21-19(23)22-20-11-3-4-14(20)13-20/h2,5-10,12,14H,3-4,11,13H2,1H3,(H2,21,22,23). The molecule has 0 bridgehead atoms. The van der Waals surface area contributed by atoms with Crippen molar-refractivity contribution in [2.75, 3.05) is 11.6 Å². The first kappa shape index (κ1) is 17.9. The molecule has 2 aromatic rings. The van der Waals surface area contributed by atoms with Gasteiger partial charge in [0.1, 0.15) is 11.5 Å². The number of sulfone groups is 1. The number of benzene rings is 2. The molecule has 0 spiro atoms. The lowest BCUT2D eigenvalue weighted by Crippen LogP contribution is -2.39. The molecule has 2 aromatic carbocycles. The predicted molar refractivity (Wildman–Crippen MR) is 103 cm³/mol. The highest BCUT2D eigenvalue weighted by Gasteiger charge is 2.57. The van der Waals surface area contributed by atoms with Crippen molar-refractivity contribution in [3.8, 4) is 11.5 Å². The Morgan fingerprint density at radius 2 is 1.93 bits per heavy atom. The van der Waals surface area contributed by atoms with Gasteiger partial charge in [-0.2, -0.15) is 0 Å². The van der Waals surface area contributed by atoms with Crippen molar-refractivity contribution in [2.24, 2.45) is 5.92 Å². The van der Waals surface area contributed by atoms with Crippen LogP contribution in [0.1, 0.15) is 25.7 Å². The maximum absolute atomic E-state index is 12.2. The zero-order chi connectivity index (χ0) is 19.1. The van der Waals surface area contributed by atoms with Crippen LogP contribution in [-0.4, -0.2) is 26.2 Å². The van der Waals surface area contributed by atoms with Crippen molar-refractivity contribution in [1.29, 1.82) is 0 Å². The van der Waals surface area contributed by atoms with Gasteiger partial charge in [0.25, 0.3) is 0 Å². The number of urea groups is 1. The fraction of sp³-hybridized carbons (Fsp3) is 0.350. The van der Waals surface area contributed by atoms with E-state index in [1.807, 2.05) is 0 Å². The third-order valence-corrected chi connectivity index (χ3v) is 6.46. The summed E-state index contributed by atoms with van der Waals surface area (Å²) < 4.78 is 29.0. The van der Waals surface area contributed by atoms with Crippen molar-refractivity contribution < 1.29 is 17.9 Å². The monoisotopic (exact) mass is 386 g/mol. The summed E-state index contributed by atoms with van der Waals surface area (Å²) in [4.78, 5) is 12.4. The maximum atomic E-state index is 12.2. The molecule has 27 heavy (non-hydrogen) atoms. The van der Waals surface area contributed by atoms with Gasteiger partial charge in [-0.1, -0.05) is 12.5 Å². The largest absolute Gasteiger partial charge is 0.457 e. The van der Waals surface area contributed by atoms with Crippen LogP contribution in [-0.2, 0) is 9.84 Å². The van der Waals surface area contributed by atoms with Gasteiger partial charge in [-0.3, -0.25) is 0 Å². The Balaban J connectivity index is 1.37. The molecule has 7 heteroatoms. The minimum atomic E-state index is -3.28. The number of carbonyl (C=O) groups excluding carboxylic acids is 1. The number of ether oxygens (including phenoxy) is 1. The Hall–Kier alpha value is -2.54. The summed E-state index contributed by atoms with van der Waals surface area (Å²) >= 11 is 0. The number of fused-ring (bicyclic) bond motifs is 1. The van der Waals surface area contributed by atoms with Crippen LogP contribution in [0.25, 0.3) is 0 Å². The smallest absolute Gasteiger partial charge is 0.319 e. The summed E-state index contributed by atoms with van der Waals surface area (Å²) in [5.41, 5.74) is 0.717. The second kappa shape index (κ2) is 6.56. The molecule has 0 aliphatic heterocycles. The average molecular weight is 386 g/mol. The molecule has 0 radical (unpaired) electrons. The molecule has 2 N–H and O–H groups in total. The molecule has 4 rings (SSSR count). The number of carbonyl (C=O) groups is 1. The van der Waals surface area contributed by atoms with Gasteiger partial charge in [0, 0.05) is 17.5 Å². The van der Waals surface area contributed by atoms with Crippen molar-refractivity contribution in [3.05, 3.63) is 48.5 Å². The number of amides is 2. The molecule has 0 heterocycles. The first-order valence-electron chi connectivity index (χ1n) is 9.01. The third-order valence-electron chi connectivity index (χ3n) is 5.35. The highest BCUT2D eigenvalue weighted by molar-refractivity contribution is 7.90. The first-order valence-corrected chi connectivity index (χ1v) is 10.9. The van der Waals surface area contributed by atoms with E-state index in [1.54, 1.807) is 36.4 Å². The van der Waals surface area contributed by atoms with E-state index in [9.17, 15) is 13.2 Å². The molecule has 2 amide bonds. The van der Waals surface area contributed by atoms with Gasteiger partial charge in [-0.05, 0) is 67.6 Å². The van der Waals surface area contributed by atoms with Gasteiger partial charge < -0.3 is 15.4 Å². The van der Waals surface area contributed by atoms with Gasteiger partial charge >= 0.3 is 6.03 Å². The summed E-state index contributed by atoms with van der Waals surface area (Å²) in [5.74, 6) is 1.65. The van der Waals surface area contributed by atoms with E-state index >= 15 is 0 Å². The number of nitrogens with one attached hydrogen (secondary N) is 2.